The van der Waals surface area contributed by atoms with Gasteiger partial charge in [-0.25, -0.2) is 13.1 Å². The molecule has 6 heteroatoms. The molecule has 0 aliphatic heterocycles. The first-order valence-corrected chi connectivity index (χ1v) is 10.9. The van der Waals surface area contributed by atoms with Gasteiger partial charge in [0, 0.05) is 12.5 Å². The van der Waals surface area contributed by atoms with Crippen LogP contribution in [-0.4, -0.2) is 25.5 Å². The third-order valence-corrected chi connectivity index (χ3v) is 7.24. The number of unbranched alkanes of at least 4 members (excludes halogenated alkanes) is 1. The lowest BCUT2D eigenvalue weighted by atomic mass is 9.83. The zero-order valence-corrected chi connectivity index (χ0v) is 15.7. The van der Waals surface area contributed by atoms with Crippen LogP contribution in [0.5, 0.6) is 0 Å². The Bertz CT molecular complexity index is 744. The van der Waals surface area contributed by atoms with Crippen LogP contribution in [-0.2, 0) is 14.8 Å². The fourth-order valence-electron chi connectivity index (χ4n) is 4.52. The summed E-state index contributed by atoms with van der Waals surface area (Å²) in [4.78, 5) is 10.9. The number of nitrogens with one attached hydrogen (secondary N) is 1. The molecule has 2 unspecified atom stereocenters. The van der Waals surface area contributed by atoms with Crippen LogP contribution in [0, 0.1) is 17.8 Å². The van der Waals surface area contributed by atoms with E-state index in [9.17, 15) is 13.2 Å². The molecule has 142 valence electrons. The summed E-state index contributed by atoms with van der Waals surface area (Å²) in [5.74, 6) is 0.598. The molecule has 26 heavy (non-hydrogen) atoms. The van der Waals surface area contributed by atoms with E-state index in [0.29, 0.717) is 29.1 Å². The zero-order chi connectivity index (χ0) is 18.6. The number of fused-ring (bicyclic) bond motifs is 2. The van der Waals surface area contributed by atoms with Crippen LogP contribution in [0.2, 0.25) is 0 Å². The van der Waals surface area contributed by atoms with Gasteiger partial charge in [0.1, 0.15) is 0 Å². The highest BCUT2D eigenvalue weighted by molar-refractivity contribution is 7.89. The normalized spacial score (nSPS) is 28.0. The van der Waals surface area contributed by atoms with Crippen molar-refractivity contribution in [3.63, 3.8) is 0 Å². The second-order valence-corrected chi connectivity index (χ2v) is 9.16. The number of carbonyl (C=O) groups is 1. The molecule has 2 fully saturated rings. The number of hydrogen-bond donors (Lipinski definition) is 2. The molecule has 2 N–H and O–H groups in total. The van der Waals surface area contributed by atoms with Gasteiger partial charge in [0.05, 0.1) is 4.90 Å². The van der Waals surface area contributed by atoms with E-state index in [1.165, 1.54) is 6.42 Å². The van der Waals surface area contributed by atoms with Crippen molar-refractivity contribution in [1.82, 2.24) is 4.72 Å². The number of rotatable bonds is 9. The number of allylic oxidation sites excluding steroid dienone is 2. The highest BCUT2D eigenvalue weighted by atomic mass is 32.2. The predicted molar refractivity (Wildman–Crippen MR) is 100 cm³/mol. The number of hydrogen-bond acceptors (Lipinski definition) is 3. The number of aliphatic carboxylic acids is 1. The topological polar surface area (TPSA) is 83.5 Å². The van der Waals surface area contributed by atoms with Gasteiger partial charge in [-0.2, -0.15) is 0 Å². The van der Waals surface area contributed by atoms with Crippen molar-refractivity contribution in [3.8, 4) is 0 Å². The monoisotopic (exact) mass is 377 g/mol. The molecule has 0 aromatic heterocycles. The summed E-state index contributed by atoms with van der Waals surface area (Å²) in [5, 5.41) is 8.66. The van der Waals surface area contributed by atoms with Gasteiger partial charge in [-0.1, -0.05) is 30.4 Å². The van der Waals surface area contributed by atoms with Crippen LogP contribution in [0.15, 0.2) is 47.4 Å². The molecule has 0 heterocycles. The van der Waals surface area contributed by atoms with Crippen LogP contribution < -0.4 is 4.72 Å². The Morgan fingerprint density at radius 3 is 2.62 bits per heavy atom. The Morgan fingerprint density at radius 2 is 1.88 bits per heavy atom. The molecule has 2 aliphatic carbocycles. The van der Waals surface area contributed by atoms with Crippen molar-refractivity contribution in [2.45, 2.75) is 55.9 Å². The summed E-state index contributed by atoms with van der Waals surface area (Å²) in [5.41, 5.74) is 0. The third kappa shape index (κ3) is 4.54. The van der Waals surface area contributed by atoms with E-state index in [4.69, 9.17) is 5.11 Å². The molecular formula is C20H27NO4S. The highest BCUT2D eigenvalue weighted by Crippen LogP contribution is 2.50. The van der Waals surface area contributed by atoms with Crippen molar-refractivity contribution in [3.05, 3.63) is 42.5 Å². The molecule has 3 rings (SSSR count). The lowest BCUT2D eigenvalue weighted by molar-refractivity contribution is -0.137. The van der Waals surface area contributed by atoms with Gasteiger partial charge < -0.3 is 5.11 Å². The fraction of sp³-hybridized carbons (Fsp3) is 0.550. The molecule has 2 aliphatic rings. The first kappa shape index (κ1) is 19.1. The van der Waals surface area contributed by atoms with E-state index >= 15 is 0 Å². The molecule has 2 bridgehead atoms. The average molecular weight is 378 g/mol. The molecular weight excluding hydrogens is 350 g/mol. The molecule has 5 nitrogen and oxygen atoms in total. The number of benzene rings is 1. The largest absolute Gasteiger partial charge is 0.481 e. The Hall–Kier alpha value is -1.66. The summed E-state index contributed by atoms with van der Waals surface area (Å²) in [6.07, 6.45) is 10.00. The Kier molecular flexibility index (Phi) is 6.14. The molecule has 1 aromatic carbocycles. The van der Waals surface area contributed by atoms with Crippen LogP contribution in [0.1, 0.15) is 44.9 Å². The average Bonchev–Trinajstić information content (AvgIpc) is 3.20. The van der Waals surface area contributed by atoms with Crippen molar-refractivity contribution >= 4 is 16.0 Å². The van der Waals surface area contributed by atoms with Crippen molar-refractivity contribution < 1.29 is 18.3 Å². The molecule has 2 saturated carbocycles. The van der Waals surface area contributed by atoms with Gasteiger partial charge in [0.2, 0.25) is 10.0 Å². The van der Waals surface area contributed by atoms with Gasteiger partial charge in [0.15, 0.2) is 0 Å². The maximum atomic E-state index is 12.7. The molecule has 0 radical (unpaired) electrons. The number of carboxylic acids is 1. The third-order valence-electron chi connectivity index (χ3n) is 5.77. The van der Waals surface area contributed by atoms with Crippen LogP contribution >= 0.6 is 0 Å². The smallest absolute Gasteiger partial charge is 0.303 e. The van der Waals surface area contributed by atoms with Crippen molar-refractivity contribution in [1.29, 1.82) is 0 Å². The Morgan fingerprint density at radius 1 is 1.15 bits per heavy atom. The summed E-state index contributed by atoms with van der Waals surface area (Å²) in [7, 11) is -3.49. The van der Waals surface area contributed by atoms with E-state index in [2.05, 4.69) is 10.8 Å². The highest BCUT2D eigenvalue weighted by Gasteiger charge is 2.48. The molecule has 0 spiro atoms. The molecule has 1 aromatic rings. The van der Waals surface area contributed by atoms with Crippen LogP contribution in [0.25, 0.3) is 0 Å². The fourth-order valence-corrected chi connectivity index (χ4v) is 5.90. The maximum absolute atomic E-state index is 12.7. The lowest BCUT2D eigenvalue weighted by Crippen LogP contribution is -2.43. The van der Waals surface area contributed by atoms with Gasteiger partial charge in [-0.3, -0.25) is 4.79 Å². The number of sulfonamides is 1. The minimum Gasteiger partial charge on any atom is -0.481 e. The van der Waals surface area contributed by atoms with E-state index in [0.717, 1.165) is 25.7 Å². The summed E-state index contributed by atoms with van der Waals surface area (Å²) < 4.78 is 28.4. The summed E-state index contributed by atoms with van der Waals surface area (Å²) in [6.45, 7) is 0. The van der Waals surface area contributed by atoms with Gasteiger partial charge >= 0.3 is 5.97 Å². The van der Waals surface area contributed by atoms with Gasteiger partial charge in [0.25, 0.3) is 0 Å². The quantitative estimate of drug-likeness (QED) is 0.509. The summed E-state index contributed by atoms with van der Waals surface area (Å²) >= 11 is 0. The molecule has 0 amide bonds. The Labute approximate surface area is 155 Å². The van der Waals surface area contributed by atoms with Crippen molar-refractivity contribution in [2.75, 3.05) is 0 Å². The second-order valence-electron chi connectivity index (χ2n) is 7.45. The Balaban J connectivity index is 1.60. The first-order valence-electron chi connectivity index (χ1n) is 9.41. The summed E-state index contributed by atoms with van der Waals surface area (Å²) in [6, 6.07) is 8.57. The second kappa shape index (κ2) is 8.35. The predicted octanol–water partition coefficient (Wildman–Crippen LogP) is 3.58. The maximum Gasteiger partial charge on any atom is 0.303 e. The van der Waals surface area contributed by atoms with Crippen LogP contribution in [0.3, 0.4) is 0 Å². The van der Waals surface area contributed by atoms with Gasteiger partial charge in [-0.05, 0) is 68.4 Å². The van der Waals surface area contributed by atoms with Crippen molar-refractivity contribution in [2.24, 2.45) is 17.8 Å². The zero-order valence-electron chi connectivity index (χ0n) is 14.9. The molecule has 0 saturated heterocycles. The lowest BCUT2D eigenvalue weighted by Gasteiger charge is -2.31. The van der Waals surface area contributed by atoms with E-state index in [-0.39, 0.29) is 12.5 Å². The van der Waals surface area contributed by atoms with Crippen LogP contribution in [0.4, 0.5) is 0 Å². The van der Waals surface area contributed by atoms with E-state index < -0.39 is 16.0 Å². The minimum atomic E-state index is -3.49. The van der Waals surface area contributed by atoms with E-state index in [1.54, 1.807) is 24.3 Å². The molecule has 4 atom stereocenters. The van der Waals surface area contributed by atoms with Gasteiger partial charge in [-0.15, -0.1) is 0 Å². The van der Waals surface area contributed by atoms with E-state index in [1.807, 2.05) is 12.1 Å². The first-order chi connectivity index (χ1) is 12.5. The standard InChI is InChI=1S/C20H27NO4S/c22-19(23)11-7-2-1-6-10-18-15-12-13-16(14-15)20(18)21-26(24,25)17-8-4-3-5-9-17/h1,3-6,8-9,15-16,18,20-21H,2,7,10-14H2,(H,22,23)/t15-,16-,18?,20?/m0/s1. The minimum absolute atomic E-state index is 0.00243. The SMILES string of the molecule is O=C(O)CCCC=CCC1C(NS(=O)(=O)c2ccccc2)[C@H]2CC[C@H]1C2. The number of carboxylic acid groups (broad SMARTS) is 1.